The fourth-order valence-corrected chi connectivity index (χ4v) is 2.12. The number of esters is 3. The molecule has 0 bridgehead atoms. The lowest BCUT2D eigenvalue weighted by atomic mass is 9.94. The third kappa shape index (κ3) is 11.8. The Kier molecular flexibility index (Phi) is 12.6. The van der Waals surface area contributed by atoms with Gasteiger partial charge < -0.3 is 14.2 Å². The quantitative estimate of drug-likeness (QED) is 0.181. The molecule has 0 fully saturated rings. The Hall–Kier alpha value is 2.73. The van der Waals surface area contributed by atoms with Crippen LogP contribution in [-0.2, 0) is 28.6 Å². The lowest BCUT2D eigenvalue weighted by molar-refractivity contribution is -0.158. The maximum Gasteiger partial charge on any atom is 0.344 e. The zero-order valence-corrected chi connectivity index (χ0v) is 26.7. The van der Waals surface area contributed by atoms with Gasteiger partial charge in [0, 0.05) is 0 Å². The van der Waals surface area contributed by atoms with Gasteiger partial charge in [0.1, 0.15) is 19.8 Å². The molecule has 0 heterocycles. The van der Waals surface area contributed by atoms with E-state index in [4.69, 9.17) is 14.2 Å². The van der Waals surface area contributed by atoms with Crippen LogP contribution in [0.4, 0.5) is 0 Å². The van der Waals surface area contributed by atoms with Gasteiger partial charge >= 0.3 is 17.9 Å². The average Bonchev–Trinajstić information content (AvgIpc) is 2.45. The first kappa shape index (κ1) is 28.7. The zero-order valence-electron chi connectivity index (χ0n) is 12.5. The van der Waals surface area contributed by atoms with E-state index in [1.165, 1.54) is 0 Å². The molecule has 0 aliphatic carbocycles. The summed E-state index contributed by atoms with van der Waals surface area (Å²) >= 11 is 27.4. The smallest absolute Gasteiger partial charge is 0.344 e. The van der Waals surface area contributed by atoms with Crippen molar-refractivity contribution in [2.24, 2.45) is 5.41 Å². The van der Waals surface area contributed by atoms with Crippen LogP contribution in [-0.4, -0.2) is 44.2 Å². The summed E-state index contributed by atoms with van der Waals surface area (Å²) in [7, 11) is 0. The normalized spacial score (nSPS) is 13.2. The summed E-state index contributed by atoms with van der Waals surface area (Å²) in [6.45, 7) is 1.03. The number of ether oxygens (including phenoxy) is 3. The molecule has 0 radical (unpaired) electrons. The van der Waals surface area contributed by atoms with Gasteiger partial charge in [-0.2, -0.15) is 0 Å². The summed E-state index contributed by atoms with van der Waals surface area (Å²) in [5.74, 6) is -2.02. The molecule has 0 aromatic heterocycles. The summed E-state index contributed by atoms with van der Waals surface area (Å²) < 4.78 is 11.8. The molecular weight excluding hydrogens is 947 g/mol. The number of alkyl halides is 9. The highest BCUT2D eigenvalue weighted by Gasteiger charge is 2.39. The first-order valence-electron chi connectivity index (χ1n) is 6.10. The molecule has 26 heavy (non-hydrogen) atoms. The molecule has 0 aliphatic heterocycles. The minimum absolute atomic E-state index is 0.198. The third-order valence-corrected chi connectivity index (χ3v) is 5.26. The highest BCUT2D eigenvalue weighted by atomic mass is 80.0. The Labute approximate surface area is 225 Å². The van der Waals surface area contributed by atoms with Crippen LogP contribution in [0.5, 0.6) is 0 Å². The van der Waals surface area contributed by atoms with E-state index in [0.717, 1.165) is 0 Å². The number of halogens is 9. The monoisotopic (exact) mass is 947 g/mol. The van der Waals surface area contributed by atoms with E-state index in [-0.39, 0.29) is 19.8 Å². The Morgan fingerprint density at radius 3 is 0.923 bits per heavy atom. The Morgan fingerprint density at radius 2 is 0.769 bits per heavy atom. The summed E-state index contributed by atoms with van der Waals surface area (Å²) in [6.07, 6.45) is 0. The topological polar surface area (TPSA) is 78.9 Å². The van der Waals surface area contributed by atoms with Crippen molar-refractivity contribution in [2.75, 3.05) is 19.8 Å². The van der Waals surface area contributed by atoms with Gasteiger partial charge in [-0.25, -0.2) is 14.4 Å². The van der Waals surface area contributed by atoms with Gasteiger partial charge in [-0.3, -0.25) is 0 Å². The zero-order chi connectivity index (χ0) is 21.0. The van der Waals surface area contributed by atoms with Crippen LogP contribution >= 0.6 is 143 Å². The van der Waals surface area contributed by atoms with Crippen molar-refractivity contribution in [1.82, 2.24) is 0 Å². The molecule has 152 valence electrons. The Morgan fingerprint density at radius 1 is 0.577 bits per heavy atom. The summed E-state index contributed by atoms with van der Waals surface area (Å²) in [5.41, 5.74) is -1.02. The van der Waals surface area contributed by atoms with E-state index in [0.29, 0.717) is 0 Å². The second-order valence-corrected chi connectivity index (χ2v) is 25.3. The number of carbonyl (C=O) groups is 3. The molecule has 0 atom stereocenters. The Bertz CT molecular complexity index is 460. The predicted molar refractivity (Wildman–Crippen MR) is 130 cm³/mol. The molecule has 0 amide bonds. The van der Waals surface area contributed by atoms with Crippen molar-refractivity contribution in [3.05, 3.63) is 0 Å². The lowest BCUT2D eigenvalue weighted by Crippen LogP contribution is -2.40. The van der Waals surface area contributed by atoms with Crippen molar-refractivity contribution < 1.29 is 28.6 Å². The minimum atomic E-state index is -1.26. The first-order chi connectivity index (χ1) is 11.4. The SMILES string of the molecule is CC(COC(=O)C(Br)(Br)Br)(COC(=O)C(Br)(Br)Br)COC(=O)C(Br)(Br)Br. The first-order valence-corrected chi connectivity index (χ1v) is 13.2. The van der Waals surface area contributed by atoms with E-state index in [1.807, 2.05) is 0 Å². The molecule has 0 spiro atoms. The maximum atomic E-state index is 11.9. The van der Waals surface area contributed by atoms with Gasteiger partial charge in [0.2, 0.25) is 6.43 Å². The second kappa shape index (κ2) is 11.4. The molecule has 6 nitrogen and oxygen atoms in total. The van der Waals surface area contributed by atoms with E-state index in [9.17, 15) is 14.4 Å². The van der Waals surface area contributed by atoms with Crippen LogP contribution in [0.2, 0.25) is 0 Å². The van der Waals surface area contributed by atoms with E-state index in [2.05, 4.69) is 143 Å². The van der Waals surface area contributed by atoms with Crippen molar-refractivity contribution in [3.63, 3.8) is 0 Å². The molecule has 0 aromatic rings. The van der Waals surface area contributed by atoms with Crippen molar-refractivity contribution in [3.8, 4) is 0 Å². The van der Waals surface area contributed by atoms with Gasteiger partial charge in [-0.1, -0.05) is 0 Å². The summed E-state index contributed by atoms with van der Waals surface area (Å²) in [6, 6.07) is 0. The second-order valence-electron chi connectivity index (χ2n) is 5.03. The minimum Gasteiger partial charge on any atom is -0.463 e. The van der Waals surface area contributed by atoms with E-state index in [1.54, 1.807) is 6.92 Å². The maximum absolute atomic E-state index is 11.9. The summed E-state index contributed by atoms with van der Waals surface area (Å²) in [5, 5.41) is 0. The number of hydrogen-bond donors (Lipinski definition) is 0. The molecule has 15 heteroatoms. The fourth-order valence-electron chi connectivity index (χ4n) is 1.09. The van der Waals surface area contributed by atoms with Crippen molar-refractivity contribution >= 4 is 161 Å². The Balaban J connectivity index is 5.10. The molecule has 0 aromatic carbocycles. The molecule has 0 N–H and O–H groups in total. The molecule has 0 aliphatic rings. The van der Waals surface area contributed by atoms with Gasteiger partial charge in [0.15, 0.2) is 0 Å². The standard InChI is InChI=1S/C11H9Br9O6/c1-8(2-24-5(21)9(12,13)14,3-25-6(22)10(15,16)17)4-26-7(23)11(18,19)20/h2-4H2,1H3. The fraction of sp³-hybridized carbons (Fsp3) is 0.727. The molecule has 0 unspecified atom stereocenters. The molecule has 0 saturated heterocycles. The van der Waals surface area contributed by atoms with Crippen LogP contribution in [0.25, 0.3) is 0 Å². The lowest BCUT2D eigenvalue weighted by Gasteiger charge is -2.30. The van der Waals surface area contributed by atoms with Crippen LogP contribution in [0.3, 0.4) is 0 Å². The van der Waals surface area contributed by atoms with Gasteiger partial charge in [-0.15, -0.1) is 0 Å². The third-order valence-electron chi connectivity index (χ3n) is 2.35. The number of hydrogen-bond acceptors (Lipinski definition) is 6. The van der Waals surface area contributed by atoms with Crippen LogP contribution in [0.15, 0.2) is 0 Å². The van der Waals surface area contributed by atoms with Crippen LogP contribution in [0.1, 0.15) is 6.92 Å². The van der Waals surface area contributed by atoms with Crippen molar-refractivity contribution in [1.29, 1.82) is 0 Å². The van der Waals surface area contributed by atoms with E-state index < -0.39 is 29.8 Å². The molecular formula is C11H9Br9O6. The van der Waals surface area contributed by atoms with Crippen molar-refractivity contribution in [2.45, 2.75) is 13.4 Å². The average molecular weight is 956 g/mol. The number of carbonyl (C=O) groups excluding carboxylic acids is 3. The molecule has 0 rings (SSSR count). The summed E-state index contributed by atoms with van der Waals surface area (Å²) in [4.78, 5) is 35.6. The largest absolute Gasteiger partial charge is 0.463 e. The van der Waals surface area contributed by atoms with Crippen LogP contribution < -0.4 is 0 Å². The van der Waals surface area contributed by atoms with E-state index >= 15 is 0 Å². The number of rotatable bonds is 6. The highest BCUT2D eigenvalue weighted by Crippen LogP contribution is 2.38. The van der Waals surface area contributed by atoms with Gasteiger partial charge in [0.25, 0.3) is 0 Å². The van der Waals surface area contributed by atoms with Gasteiger partial charge in [0.05, 0.1) is 5.41 Å². The van der Waals surface area contributed by atoms with Gasteiger partial charge in [-0.05, 0) is 150 Å². The van der Waals surface area contributed by atoms with Crippen LogP contribution in [0, 0.1) is 5.41 Å². The molecule has 0 saturated carbocycles. The predicted octanol–water partition coefficient (Wildman–Crippen LogP) is 6.14. The highest BCUT2D eigenvalue weighted by molar-refractivity contribution is 9.40.